The molecule has 1 saturated heterocycles. The minimum absolute atomic E-state index is 0. The molecular formula is C19H32IN3O. The Morgan fingerprint density at radius 2 is 2.04 bits per heavy atom. The molecule has 1 fully saturated rings. The van der Waals surface area contributed by atoms with Crippen LogP contribution in [0.2, 0.25) is 0 Å². The van der Waals surface area contributed by atoms with Gasteiger partial charge in [-0.15, -0.1) is 24.0 Å². The van der Waals surface area contributed by atoms with Gasteiger partial charge in [-0.25, -0.2) is 0 Å². The van der Waals surface area contributed by atoms with E-state index in [1.165, 1.54) is 12.0 Å². The number of guanidine groups is 1. The third kappa shape index (κ3) is 6.97. The van der Waals surface area contributed by atoms with E-state index < -0.39 is 0 Å². The SMILES string of the molecule is CN=C(NCCOCCC(C)C)N1CCC(c2ccccc2)C1.I. The number of benzene rings is 1. The molecule has 1 aliphatic heterocycles. The van der Waals surface area contributed by atoms with Crippen LogP contribution in [0.5, 0.6) is 0 Å². The zero-order valence-electron chi connectivity index (χ0n) is 15.2. The summed E-state index contributed by atoms with van der Waals surface area (Å²) < 4.78 is 5.66. The smallest absolute Gasteiger partial charge is 0.193 e. The molecule has 0 spiro atoms. The number of halogens is 1. The number of aliphatic imine (C=N–C) groups is 1. The van der Waals surface area contributed by atoms with E-state index in [-0.39, 0.29) is 24.0 Å². The predicted octanol–water partition coefficient (Wildman–Crippen LogP) is 3.73. The van der Waals surface area contributed by atoms with Crippen LogP contribution in [-0.4, -0.2) is 50.8 Å². The summed E-state index contributed by atoms with van der Waals surface area (Å²) in [7, 11) is 1.86. The molecule has 1 N–H and O–H groups in total. The fourth-order valence-corrected chi connectivity index (χ4v) is 2.94. The average Bonchev–Trinajstić information content (AvgIpc) is 3.04. The zero-order chi connectivity index (χ0) is 16.5. The quantitative estimate of drug-likeness (QED) is 0.301. The summed E-state index contributed by atoms with van der Waals surface area (Å²) in [4.78, 5) is 6.77. The molecule has 0 saturated carbocycles. The standard InChI is InChI=1S/C19H31N3O.HI/c1-16(2)10-13-23-14-11-21-19(20-3)22-12-9-18(15-22)17-7-5-4-6-8-17;/h4-8,16,18H,9-15H2,1-3H3,(H,20,21);1H. The van der Waals surface area contributed by atoms with Crippen LogP contribution in [-0.2, 0) is 4.74 Å². The van der Waals surface area contributed by atoms with Gasteiger partial charge in [0.1, 0.15) is 0 Å². The van der Waals surface area contributed by atoms with Crippen LogP contribution in [0.25, 0.3) is 0 Å². The molecule has 4 nitrogen and oxygen atoms in total. The third-order valence-electron chi connectivity index (χ3n) is 4.34. The Hall–Kier alpha value is -0.820. The minimum atomic E-state index is 0. The van der Waals surface area contributed by atoms with Gasteiger partial charge in [0.2, 0.25) is 0 Å². The number of likely N-dealkylation sites (tertiary alicyclic amines) is 1. The molecule has 0 bridgehead atoms. The van der Waals surface area contributed by atoms with Crippen molar-refractivity contribution in [1.29, 1.82) is 0 Å². The van der Waals surface area contributed by atoms with E-state index in [1.807, 2.05) is 7.05 Å². The van der Waals surface area contributed by atoms with Crippen molar-refractivity contribution in [2.24, 2.45) is 10.9 Å². The monoisotopic (exact) mass is 445 g/mol. The summed E-state index contributed by atoms with van der Waals surface area (Å²) in [5.74, 6) is 2.31. The highest BCUT2D eigenvalue weighted by molar-refractivity contribution is 14.0. The van der Waals surface area contributed by atoms with E-state index in [4.69, 9.17) is 4.74 Å². The first-order chi connectivity index (χ1) is 11.2. The van der Waals surface area contributed by atoms with E-state index in [9.17, 15) is 0 Å². The van der Waals surface area contributed by atoms with Crippen LogP contribution in [0.15, 0.2) is 35.3 Å². The van der Waals surface area contributed by atoms with Crippen molar-refractivity contribution in [3.05, 3.63) is 35.9 Å². The lowest BCUT2D eigenvalue weighted by Crippen LogP contribution is -2.41. The van der Waals surface area contributed by atoms with Crippen molar-refractivity contribution in [2.45, 2.75) is 32.6 Å². The highest BCUT2D eigenvalue weighted by atomic mass is 127. The Balaban J connectivity index is 0.00000288. The molecule has 24 heavy (non-hydrogen) atoms. The summed E-state index contributed by atoms with van der Waals surface area (Å²) in [6.45, 7) is 8.95. The molecular weight excluding hydrogens is 413 g/mol. The zero-order valence-corrected chi connectivity index (χ0v) is 17.5. The highest BCUT2D eigenvalue weighted by Crippen LogP contribution is 2.26. The van der Waals surface area contributed by atoms with E-state index in [1.54, 1.807) is 0 Å². The highest BCUT2D eigenvalue weighted by Gasteiger charge is 2.25. The van der Waals surface area contributed by atoms with E-state index >= 15 is 0 Å². The van der Waals surface area contributed by atoms with Crippen molar-refractivity contribution in [2.75, 3.05) is 39.9 Å². The first-order valence-electron chi connectivity index (χ1n) is 8.79. The van der Waals surface area contributed by atoms with Gasteiger partial charge in [-0.1, -0.05) is 44.2 Å². The first-order valence-corrected chi connectivity index (χ1v) is 8.79. The molecule has 0 aromatic heterocycles. The van der Waals surface area contributed by atoms with Crippen molar-refractivity contribution < 1.29 is 4.74 Å². The molecule has 5 heteroatoms. The van der Waals surface area contributed by atoms with Gasteiger partial charge in [-0.05, 0) is 24.3 Å². The predicted molar refractivity (Wildman–Crippen MR) is 112 cm³/mol. The molecule has 0 amide bonds. The van der Waals surface area contributed by atoms with Gasteiger partial charge in [0.05, 0.1) is 6.61 Å². The normalized spacial score (nSPS) is 17.9. The second-order valence-electron chi connectivity index (χ2n) is 6.61. The molecule has 1 aromatic rings. The maximum absolute atomic E-state index is 5.66. The maximum Gasteiger partial charge on any atom is 0.193 e. The van der Waals surface area contributed by atoms with Gasteiger partial charge in [0.25, 0.3) is 0 Å². The van der Waals surface area contributed by atoms with Gasteiger partial charge < -0.3 is 15.0 Å². The molecule has 2 rings (SSSR count). The lowest BCUT2D eigenvalue weighted by Gasteiger charge is -2.22. The van der Waals surface area contributed by atoms with E-state index in [0.717, 1.165) is 45.2 Å². The van der Waals surface area contributed by atoms with Crippen molar-refractivity contribution in [3.8, 4) is 0 Å². The minimum Gasteiger partial charge on any atom is -0.380 e. The Kier molecular flexibility index (Phi) is 10.3. The summed E-state index contributed by atoms with van der Waals surface area (Å²) in [5, 5.41) is 3.42. The summed E-state index contributed by atoms with van der Waals surface area (Å²) in [5.41, 5.74) is 1.43. The van der Waals surface area contributed by atoms with Crippen LogP contribution in [0.4, 0.5) is 0 Å². The second-order valence-corrected chi connectivity index (χ2v) is 6.61. The van der Waals surface area contributed by atoms with E-state index in [0.29, 0.717) is 11.8 Å². The Bertz CT molecular complexity index is 479. The Morgan fingerprint density at radius 3 is 2.71 bits per heavy atom. The number of rotatable bonds is 7. The maximum atomic E-state index is 5.66. The molecule has 1 aliphatic rings. The third-order valence-corrected chi connectivity index (χ3v) is 4.34. The fraction of sp³-hybridized carbons (Fsp3) is 0.632. The number of nitrogens with zero attached hydrogens (tertiary/aromatic N) is 2. The van der Waals surface area contributed by atoms with Gasteiger partial charge >= 0.3 is 0 Å². The Morgan fingerprint density at radius 1 is 1.29 bits per heavy atom. The topological polar surface area (TPSA) is 36.9 Å². The first kappa shape index (κ1) is 21.2. The van der Waals surface area contributed by atoms with Gasteiger partial charge in [-0.2, -0.15) is 0 Å². The van der Waals surface area contributed by atoms with Gasteiger partial charge in [-0.3, -0.25) is 4.99 Å². The van der Waals surface area contributed by atoms with E-state index in [2.05, 4.69) is 59.4 Å². The number of hydrogen-bond acceptors (Lipinski definition) is 2. The molecule has 0 aliphatic carbocycles. The van der Waals surface area contributed by atoms with Crippen LogP contribution in [0.1, 0.15) is 38.2 Å². The second kappa shape index (κ2) is 11.7. The van der Waals surface area contributed by atoms with Crippen LogP contribution >= 0.6 is 24.0 Å². The summed E-state index contributed by atoms with van der Waals surface area (Å²) in [6.07, 6.45) is 2.31. The van der Waals surface area contributed by atoms with Crippen molar-refractivity contribution in [3.63, 3.8) is 0 Å². The lowest BCUT2D eigenvalue weighted by atomic mass is 9.99. The van der Waals surface area contributed by atoms with Gasteiger partial charge in [0.15, 0.2) is 5.96 Å². The largest absolute Gasteiger partial charge is 0.380 e. The lowest BCUT2D eigenvalue weighted by molar-refractivity contribution is 0.127. The molecule has 1 aromatic carbocycles. The molecule has 0 radical (unpaired) electrons. The Labute approximate surface area is 164 Å². The van der Waals surface area contributed by atoms with Gasteiger partial charge in [0, 0.05) is 39.2 Å². The molecule has 136 valence electrons. The fourth-order valence-electron chi connectivity index (χ4n) is 2.94. The summed E-state index contributed by atoms with van der Waals surface area (Å²) in [6, 6.07) is 10.8. The van der Waals surface area contributed by atoms with Crippen molar-refractivity contribution >= 4 is 29.9 Å². The van der Waals surface area contributed by atoms with Crippen LogP contribution in [0.3, 0.4) is 0 Å². The number of hydrogen-bond donors (Lipinski definition) is 1. The van der Waals surface area contributed by atoms with Crippen molar-refractivity contribution in [1.82, 2.24) is 10.2 Å². The van der Waals surface area contributed by atoms with Crippen LogP contribution < -0.4 is 5.32 Å². The number of nitrogens with one attached hydrogen (secondary N) is 1. The number of ether oxygens (including phenoxy) is 1. The molecule has 1 heterocycles. The summed E-state index contributed by atoms with van der Waals surface area (Å²) >= 11 is 0. The average molecular weight is 445 g/mol. The van der Waals surface area contributed by atoms with Crippen LogP contribution in [0, 0.1) is 5.92 Å². The molecule has 1 unspecified atom stereocenters. The molecule has 1 atom stereocenters.